The summed E-state index contributed by atoms with van der Waals surface area (Å²) in [5, 5.41) is 0.646. The van der Waals surface area contributed by atoms with Crippen molar-refractivity contribution in [2.45, 2.75) is 18.0 Å². The molecule has 1 unspecified atom stereocenters. The third-order valence-corrected chi connectivity index (χ3v) is 5.60. The average Bonchev–Trinajstić information content (AvgIpc) is 3.04. The van der Waals surface area contributed by atoms with E-state index >= 15 is 0 Å². The molecule has 0 fully saturated rings. The fraction of sp³-hybridized carbons (Fsp3) is 0.167. The minimum absolute atomic E-state index is 0.0292. The highest BCUT2D eigenvalue weighted by atomic mass is 32.2. The maximum Gasteiger partial charge on any atom is 0.419 e. The fourth-order valence-electron chi connectivity index (χ4n) is 2.51. The first kappa shape index (κ1) is 19.7. The number of rotatable bonds is 4. The van der Waals surface area contributed by atoms with Gasteiger partial charge in [-0.3, -0.25) is 0 Å². The lowest BCUT2D eigenvalue weighted by Crippen LogP contribution is -2.31. The van der Waals surface area contributed by atoms with Crippen LogP contribution in [-0.2, 0) is 20.8 Å². The third-order valence-electron chi connectivity index (χ3n) is 3.79. The molecule has 0 saturated carbocycles. The molecule has 28 heavy (non-hydrogen) atoms. The highest BCUT2D eigenvalue weighted by molar-refractivity contribution is 7.92. The van der Waals surface area contributed by atoms with Gasteiger partial charge in [0.05, 0.1) is 17.1 Å². The second-order valence-electron chi connectivity index (χ2n) is 5.68. The van der Waals surface area contributed by atoms with Crippen LogP contribution in [-0.4, -0.2) is 21.9 Å². The van der Waals surface area contributed by atoms with Crippen molar-refractivity contribution in [1.29, 1.82) is 0 Å². The molecule has 0 radical (unpaired) electrons. The summed E-state index contributed by atoms with van der Waals surface area (Å²) in [6.45, 7) is 1.60. The predicted molar refractivity (Wildman–Crippen MR) is 98.4 cm³/mol. The van der Waals surface area contributed by atoms with Gasteiger partial charge in [-0.05, 0) is 37.3 Å². The van der Waals surface area contributed by atoms with E-state index in [1.807, 2.05) is 0 Å². The van der Waals surface area contributed by atoms with Crippen molar-refractivity contribution >= 4 is 32.6 Å². The Labute approximate surface area is 159 Å². The van der Waals surface area contributed by atoms with Crippen LogP contribution in [0.25, 0.3) is 10.9 Å². The molecule has 3 aromatic rings. The standard InChI is InChI=1S/C18H16F3N3O3S/c1-2-27-17(25)24-28(26,13-9-7-12(8-10-13)18(19,20)21)23-16-11-22-15-6-4-3-5-14(15)16/h3-11,22H,2H2,1H3,(H,23,24,25,26). The first-order valence-corrected chi connectivity index (χ1v) is 9.69. The number of nitrogens with one attached hydrogen (secondary N) is 2. The molecule has 10 heteroatoms. The summed E-state index contributed by atoms with van der Waals surface area (Å²) in [6.07, 6.45) is -4.03. The summed E-state index contributed by atoms with van der Waals surface area (Å²) in [6, 6.07) is 10.7. The number of halogens is 3. The summed E-state index contributed by atoms with van der Waals surface area (Å²) in [4.78, 5) is 14.8. The lowest BCUT2D eigenvalue weighted by molar-refractivity contribution is -0.137. The minimum atomic E-state index is -4.54. The Bertz CT molecular complexity index is 1110. The summed E-state index contributed by atoms with van der Waals surface area (Å²) >= 11 is 0. The van der Waals surface area contributed by atoms with Crippen molar-refractivity contribution in [3.05, 3.63) is 60.3 Å². The molecule has 3 rings (SSSR count). The molecule has 1 amide bonds. The zero-order chi connectivity index (χ0) is 20.4. The molecule has 0 saturated heterocycles. The number of ether oxygens (including phenoxy) is 1. The van der Waals surface area contributed by atoms with E-state index in [9.17, 15) is 22.2 Å². The van der Waals surface area contributed by atoms with Crippen LogP contribution < -0.4 is 4.72 Å². The number of carbonyl (C=O) groups is 1. The van der Waals surface area contributed by atoms with Crippen LogP contribution in [0.2, 0.25) is 0 Å². The van der Waals surface area contributed by atoms with Gasteiger partial charge in [-0.25, -0.2) is 13.7 Å². The Morgan fingerprint density at radius 3 is 2.50 bits per heavy atom. The molecule has 2 N–H and O–H groups in total. The van der Waals surface area contributed by atoms with E-state index in [2.05, 4.69) is 14.1 Å². The van der Waals surface area contributed by atoms with Gasteiger partial charge < -0.3 is 9.72 Å². The van der Waals surface area contributed by atoms with Gasteiger partial charge in [-0.1, -0.05) is 18.2 Å². The molecule has 148 valence electrons. The lowest BCUT2D eigenvalue weighted by atomic mass is 10.2. The van der Waals surface area contributed by atoms with Crippen LogP contribution in [0.15, 0.2) is 64.0 Å². The topological polar surface area (TPSA) is 83.5 Å². The molecule has 0 aliphatic heterocycles. The third kappa shape index (κ3) is 4.11. The number of para-hydroxylation sites is 1. The number of aromatic amines is 1. The number of hydrogen-bond acceptors (Lipinski definition) is 4. The molecule has 0 bridgehead atoms. The Hall–Kier alpha value is -3.01. The van der Waals surface area contributed by atoms with Crippen LogP contribution in [0, 0.1) is 0 Å². The summed E-state index contributed by atoms with van der Waals surface area (Å²) in [5.41, 5.74) is 0.116. The molecule has 0 aliphatic rings. The molecule has 6 nitrogen and oxygen atoms in total. The van der Waals surface area contributed by atoms with Gasteiger partial charge in [-0.2, -0.15) is 17.5 Å². The number of alkyl halides is 3. The van der Waals surface area contributed by atoms with E-state index in [1.165, 1.54) is 6.20 Å². The fourth-order valence-corrected chi connectivity index (χ4v) is 3.99. The summed E-state index contributed by atoms with van der Waals surface area (Å²) in [7, 11) is -3.65. The van der Waals surface area contributed by atoms with Crippen LogP contribution in [0.4, 0.5) is 23.7 Å². The number of fused-ring (bicyclic) bond motifs is 1. The van der Waals surface area contributed by atoms with E-state index in [4.69, 9.17) is 4.74 Å². The largest absolute Gasteiger partial charge is 0.449 e. The molecular formula is C18H16F3N3O3S. The lowest BCUT2D eigenvalue weighted by Gasteiger charge is -2.13. The van der Waals surface area contributed by atoms with Crippen molar-refractivity contribution in [3.63, 3.8) is 0 Å². The molecule has 0 spiro atoms. The zero-order valence-electron chi connectivity index (χ0n) is 14.6. The summed E-state index contributed by atoms with van der Waals surface area (Å²) < 4.78 is 63.0. The number of aromatic nitrogens is 1. The Morgan fingerprint density at radius 1 is 1.18 bits per heavy atom. The van der Waals surface area contributed by atoms with Gasteiger partial charge in [0.25, 0.3) is 0 Å². The van der Waals surface area contributed by atoms with Crippen molar-refractivity contribution in [2.24, 2.45) is 4.36 Å². The van der Waals surface area contributed by atoms with Gasteiger partial charge >= 0.3 is 12.3 Å². The van der Waals surface area contributed by atoms with Crippen molar-refractivity contribution in [1.82, 2.24) is 9.71 Å². The molecule has 1 aromatic heterocycles. The molecule has 1 atom stereocenters. The second kappa shape index (κ2) is 7.55. The molecule has 0 aliphatic carbocycles. The molecule has 1 heterocycles. The normalized spacial score (nSPS) is 13.7. The maximum atomic E-state index is 13.5. The highest BCUT2D eigenvalue weighted by Crippen LogP contribution is 2.31. The quantitative estimate of drug-likeness (QED) is 0.633. The van der Waals surface area contributed by atoms with Gasteiger partial charge in [0, 0.05) is 17.1 Å². The number of hydrogen-bond donors (Lipinski definition) is 2. The van der Waals surface area contributed by atoms with E-state index in [0.717, 1.165) is 29.8 Å². The molecular weight excluding hydrogens is 395 g/mol. The minimum Gasteiger partial charge on any atom is -0.449 e. The number of nitrogens with zero attached hydrogens (tertiary/aromatic N) is 1. The number of H-pyrrole nitrogens is 1. The SMILES string of the molecule is CCOC(=O)NS(=O)(=Nc1c[nH]c2ccccc12)c1ccc(C(F)(F)F)cc1. The first-order chi connectivity index (χ1) is 13.2. The van der Waals surface area contributed by atoms with Crippen LogP contribution in [0.3, 0.4) is 0 Å². The Morgan fingerprint density at radius 2 is 1.86 bits per heavy atom. The van der Waals surface area contributed by atoms with E-state index < -0.39 is 27.7 Å². The van der Waals surface area contributed by atoms with Crippen LogP contribution in [0.1, 0.15) is 12.5 Å². The van der Waals surface area contributed by atoms with Gasteiger partial charge in [0.15, 0.2) is 9.92 Å². The maximum absolute atomic E-state index is 13.5. The number of carbonyl (C=O) groups excluding carboxylic acids is 1. The van der Waals surface area contributed by atoms with Gasteiger partial charge in [0.2, 0.25) is 0 Å². The van der Waals surface area contributed by atoms with Crippen molar-refractivity contribution in [2.75, 3.05) is 6.61 Å². The van der Waals surface area contributed by atoms with Crippen molar-refractivity contribution in [3.8, 4) is 0 Å². The predicted octanol–water partition coefficient (Wildman–Crippen LogP) is 5.01. The zero-order valence-corrected chi connectivity index (χ0v) is 15.4. The summed E-state index contributed by atoms with van der Waals surface area (Å²) in [5.74, 6) is 0. The number of benzene rings is 2. The average molecular weight is 411 g/mol. The number of amides is 1. The highest BCUT2D eigenvalue weighted by Gasteiger charge is 2.30. The van der Waals surface area contributed by atoms with Gasteiger partial charge in [0.1, 0.15) is 5.69 Å². The monoisotopic (exact) mass is 411 g/mol. The Balaban J connectivity index is 2.12. The smallest absolute Gasteiger partial charge is 0.419 e. The van der Waals surface area contributed by atoms with Crippen LogP contribution >= 0.6 is 0 Å². The Kier molecular flexibility index (Phi) is 5.32. The van der Waals surface area contributed by atoms with Gasteiger partial charge in [-0.15, -0.1) is 0 Å². The van der Waals surface area contributed by atoms with E-state index in [0.29, 0.717) is 5.39 Å². The second-order valence-corrected chi connectivity index (χ2v) is 7.59. The van der Waals surface area contributed by atoms with E-state index in [-0.39, 0.29) is 17.2 Å². The van der Waals surface area contributed by atoms with Crippen LogP contribution in [0.5, 0.6) is 0 Å². The first-order valence-electron chi connectivity index (χ1n) is 8.18. The molecule has 2 aromatic carbocycles. The van der Waals surface area contributed by atoms with Crippen molar-refractivity contribution < 1.29 is 26.9 Å². The van der Waals surface area contributed by atoms with E-state index in [1.54, 1.807) is 31.2 Å².